The molecular formula is C13H21N3. The molecule has 0 atom stereocenters. The summed E-state index contributed by atoms with van der Waals surface area (Å²) in [5, 5.41) is 7.97. The maximum atomic E-state index is 4.20. The molecule has 16 heavy (non-hydrogen) atoms. The molecule has 0 amide bonds. The normalized spacial score (nSPS) is 20.6. The van der Waals surface area contributed by atoms with Gasteiger partial charge in [-0.3, -0.25) is 4.68 Å². The smallest absolute Gasteiger partial charge is 0.0492 e. The Morgan fingerprint density at radius 1 is 1.38 bits per heavy atom. The molecule has 0 unspecified atom stereocenters. The van der Waals surface area contributed by atoms with Gasteiger partial charge >= 0.3 is 0 Å². The van der Waals surface area contributed by atoms with E-state index in [0.717, 1.165) is 30.8 Å². The van der Waals surface area contributed by atoms with E-state index in [0.29, 0.717) is 0 Å². The molecule has 1 aromatic heterocycles. The van der Waals surface area contributed by atoms with Crippen LogP contribution in [-0.2, 0) is 13.5 Å². The van der Waals surface area contributed by atoms with Crippen LogP contribution in [-0.4, -0.2) is 22.4 Å². The second-order valence-corrected chi connectivity index (χ2v) is 5.35. The Kier molecular flexibility index (Phi) is 2.72. The Morgan fingerprint density at radius 3 is 2.56 bits per heavy atom. The van der Waals surface area contributed by atoms with Gasteiger partial charge in [0.05, 0.1) is 0 Å². The van der Waals surface area contributed by atoms with Crippen molar-refractivity contribution in [1.29, 1.82) is 0 Å². The molecule has 0 spiro atoms. The topological polar surface area (TPSA) is 29.9 Å². The van der Waals surface area contributed by atoms with Crippen molar-refractivity contribution in [3.8, 4) is 0 Å². The molecule has 2 aliphatic rings. The third-order valence-corrected chi connectivity index (χ3v) is 3.94. The maximum absolute atomic E-state index is 4.20. The molecule has 2 saturated carbocycles. The molecular weight excluding hydrogens is 198 g/mol. The average molecular weight is 219 g/mol. The van der Waals surface area contributed by atoms with Crippen LogP contribution in [0.1, 0.15) is 31.4 Å². The van der Waals surface area contributed by atoms with Crippen molar-refractivity contribution in [2.24, 2.45) is 18.9 Å². The first-order valence-corrected chi connectivity index (χ1v) is 6.55. The molecule has 2 aliphatic carbocycles. The lowest BCUT2D eigenvalue weighted by Gasteiger charge is -2.17. The summed E-state index contributed by atoms with van der Waals surface area (Å²) >= 11 is 0. The van der Waals surface area contributed by atoms with Crippen LogP contribution in [0.3, 0.4) is 0 Å². The monoisotopic (exact) mass is 219 g/mol. The van der Waals surface area contributed by atoms with Crippen molar-refractivity contribution in [2.75, 3.05) is 6.54 Å². The van der Waals surface area contributed by atoms with Gasteiger partial charge in [-0.1, -0.05) is 0 Å². The highest BCUT2D eigenvalue weighted by Crippen LogP contribution is 2.44. The lowest BCUT2D eigenvalue weighted by atomic mass is 10.1. The quantitative estimate of drug-likeness (QED) is 0.790. The highest BCUT2D eigenvalue weighted by Gasteiger charge is 2.40. The molecule has 3 nitrogen and oxygen atoms in total. The molecule has 0 saturated heterocycles. The third kappa shape index (κ3) is 2.29. The van der Waals surface area contributed by atoms with Crippen LogP contribution in [0.2, 0.25) is 0 Å². The number of nitrogens with one attached hydrogen (secondary N) is 1. The predicted molar refractivity (Wildman–Crippen MR) is 64.2 cm³/mol. The van der Waals surface area contributed by atoms with Gasteiger partial charge in [-0.25, -0.2) is 0 Å². The summed E-state index contributed by atoms with van der Waals surface area (Å²) in [6, 6.07) is 2.94. The number of rotatable bonds is 6. The fraction of sp³-hybridized carbons (Fsp3) is 0.769. The summed E-state index contributed by atoms with van der Waals surface area (Å²) in [5.74, 6) is 2.00. The summed E-state index contributed by atoms with van der Waals surface area (Å²) in [6.45, 7) is 1.11. The molecule has 1 aromatic rings. The SMILES string of the molecule is Cn1nccc1CCNC(C1CC1)C1CC1. The van der Waals surface area contributed by atoms with Crippen molar-refractivity contribution in [3.63, 3.8) is 0 Å². The molecule has 1 heterocycles. The number of nitrogens with zero attached hydrogens (tertiary/aromatic N) is 2. The van der Waals surface area contributed by atoms with Crippen LogP contribution in [0, 0.1) is 11.8 Å². The minimum absolute atomic E-state index is 0.827. The van der Waals surface area contributed by atoms with Gasteiger partial charge in [-0.2, -0.15) is 5.10 Å². The van der Waals surface area contributed by atoms with Gasteiger partial charge in [0.2, 0.25) is 0 Å². The van der Waals surface area contributed by atoms with Crippen LogP contribution < -0.4 is 5.32 Å². The largest absolute Gasteiger partial charge is 0.313 e. The minimum atomic E-state index is 0.827. The zero-order valence-electron chi connectivity index (χ0n) is 10.0. The van der Waals surface area contributed by atoms with E-state index in [4.69, 9.17) is 0 Å². The van der Waals surface area contributed by atoms with E-state index in [1.165, 1.54) is 31.4 Å². The summed E-state index contributed by atoms with van der Waals surface area (Å²) < 4.78 is 1.98. The van der Waals surface area contributed by atoms with E-state index in [1.54, 1.807) is 0 Å². The van der Waals surface area contributed by atoms with Gasteiger partial charge in [0.25, 0.3) is 0 Å². The Hall–Kier alpha value is -0.830. The highest BCUT2D eigenvalue weighted by atomic mass is 15.3. The van der Waals surface area contributed by atoms with E-state index >= 15 is 0 Å². The summed E-state index contributed by atoms with van der Waals surface area (Å²) in [5.41, 5.74) is 1.33. The number of aryl methyl sites for hydroxylation is 1. The third-order valence-electron chi connectivity index (χ3n) is 3.94. The van der Waals surface area contributed by atoms with E-state index in [-0.39, 0.29) is 0 Å². The first kappa shape index (κ1) is 10.3. The molecule has 0 aliphatic heterocycles. The Morgan fingerprint density at radius 2 is 2.06 bits per heavy atom. The fourth-order valence-electron chi connectivity index (χ4n) is 2.64. The number of hydrogen-bond acceptors (Lipinski definition) is 2. The zero-order valence-corrected chi connectivity index (χ0v) is 10.0. The van der Waals surface area contributed by atoms with Gasteiger partial charge in [0, 0.05) is 37.9 Å². The molecule has 88 valence electrons. The standard InChI is InChI=1S/C13H21N3/c1-16-12(7-9-15-16)6-8-14-13(10-2-3-10)11-4-5-11/h7,9-11,13-14H,2-6,8H2,1H3. The Bertz CT molecular complexity index is 338. The van der Waals surface area contributed by atoms with Crippen LogP contribution >= 0.6 is 0 Å². The van der Waals surface area contributed by atoms with Crippen LogP contribution in [0.5, 0.6) is 0 Å². The Labute approximate surface area is 97.2 Å². The van der Waals surface area contributed by atoms with E-state index in [2.05, 4.69) is 16.5 Å². The van der Waals surface area contributed by atoms with Crippen LogP contribution in [0.4, 0.5) is 0 Å². The second-order valence-electron chi connectivity index (χ2n) is 5.35. The van der Waals surface area contributed by atoms with Gasteiger partial charge in [0.1, 0.15) is 0 Å². The van der Waals surface area contributed by atoms with Crippen LogP contribution in [0.15, 0.2) is 12.3 Å². The van der Waals surface area contributed by atoms with E-state index in [9.17, 15) is 0 Å². The highest BCUT2D eigenvalue weighted by molar-refractivity contribution is 5.01. The predicted octanol–water partition coefficient (Wildman–Crippen LogP) is 1.74. The van der Waals surface area contributed by atoms with Gasteiger partial charge in [-0.15, -0.1) is 0 Å². The molecule has 3 rings (SSSR count). The van der Waals surface area contributed by atoms with Crippen molar-refractivity contribution in [3.05, 3.63) is 18.0 Å². The number of hydrogen-bond donors (Lipinski definition) is 1. The van der Waals surface area contributed by atoms with Gasteiger partial charge in [0.15, 0.2) is 0 Å². The average Bonchev–Trinajstić information content (AvgIpc) is 3.15. The van der Waals surface area contributed by atoms with Gasteiger partial charge < -0.3 is 5.32 Å². The lowest BCUT2D eigenvalue weighted by Crippen LogP contribution is -2.34. The summed E-state index contributed by atoms with van der Waals surface area (Å²) in [7, 11) is 2.02. The fourth-order valence-corrected chi connectivity index (χ4v) is 2.64. The summed E-state index contributed by atoms with van der Waals surface area (Å²) in [6.07, 6.45) is 8.82. The summed E-state index contributed by atoms with van der Waals surface area (Å²) in [4.78, 5) is 0. The van der Waals surface area contributed by atoms with Crippen molar-refractivity contribution in [2.45, 2.75) is 38.1 Å². The molecule has 0 aromatic carbocycles. The van der Waals surface area contributed by atoms with E-state index in [1.807, 2.05) is 17.9 Å². The Balaban J connectivity index is 1.46. The van der Waals surface area contributed by atoms with E-state index < -0.39 is 0 Å². The zero-order chi connectivity index (χ0) is 11.0. The first-order chi connectivity index (χ1) is 7.84. The van der Waals surface area contributed by atoms with Crippen molar-refractivity contribution >= 4 is 0 Å². The van der Waals surface area contributed by atoms with Crippen LogP contribution in [0.25, 0.3) is 0 Å². The van der Waals surface area contributed by atoms with Crippen molar-refractivity contribution < 1.29 is 0 Å². The molecule has 0 radical (unpaired) electrons. The molecule has 3 heteroatoms. The maximum Gasteiger partial charge on any atom is 0.0492 e. The molecule has 1 N–H and O–H groups in total. The second kappa shape index (κ2) is 4.21. The van der Waals surface area contributed by atoms with Crippen molar-refractivity contribution in [1.82, 2.24) is 15.1 Å². The first-order valence-electron chi connectivity index (χ1n) is 6.55. The molecule has 2 fully saturated rings. The minimum Gasteiger partial charge on any atom is -0.313 e. The number of aromatic nitrogens is 2. The van der Waals surface area contributed by atoms with Gasteiger partial charge in [-0.05, 0) is 43.6 Å². The molecule has 0 bridgehead atoms. The lowest BCUT2D eigenvalue weighted by molar-refractivity contribution is 0.418.